The average molecular weight is 267 g/mol. The lowest BCUT2D eigenvalue weighted by Gasteiger charge is -2.02. The molecular weight excluding hydrogens is 256 g/mol. The summed E-state index contributed by atoms with van der Waals surface area (Å²) < 4.78 is 7.31. The summed E-state index contributed by atoms with van der Waals surface area (Å²) in [6.45, 7) is 0. The molecule has 0 N–H and O–H groups in total. The number of aryl methyl sites for hydroxylation is 1. The third-order valence-corrected chi connectivity index (χ3v) is 2.64. The van der Waals surface area contributed by atoms with Gasteiger partial charge < -0.3 is 4.74 Å². The van der Waals surface area contributed by atoms with Crippen molar-refractivity contribution in [3.8, 4) is 11.5 Å². The molecule has 1 heterocycles. The van der Waals surface area contributed by atoms with E-state index < -0.39 is 0 Å². The fourth-order valence-electron chi connectivity index (χ4n) is 1.23. The first-order valence-electron chi connectivity index (χ1n) is 4.59. The van der Waals surface area contributed by atoms with Gasteiger partial charge in [-0.2, -0.15) is 5.10 Å². The van der Waals surface area contributed by atoms with Crippen LogP contribution in [0, 0.1) is 0 Å². The number of alkyl halides is 1. The predicted molar refractivity (Wildman–Crippen MR) is 62.4 cm³/mol. The fraction of sp³-hybridized carbons (Fsp3) is 0.182. The molecule has 0 aliphatic rings. The van der Waals surface area contributed by atoms with Gasteiger partial charge in [-0.25, -0.2) is 0 Å². The Bertz CT molecular complexity index is 436. The highest BCUT2D eigenvalue weighted by Gasteiger charge is 1.99. The van der Waals surface area contributed by atoms with Crippen LogP contribution < -0.4 is 4.74 Å². The van der Waals surface area contributed by atoms with Crippen LogP contribution in [0.5, 0.6) is 11.5 Å². The Morgan fingerprint density at radius 1 is 1.27 bits per heavy atom. The van der Waals surface area contributed by atoms with Crippen molar-refractivity contribution in [2.75, 3.05) is 0 Å². The van der Waals surface area contributed by atoms with Crippen LogP contribution in [0.1, 0.15) is 5.56 Å². The van der Waals surface area contributed by atoms with Gasteiger partial charge >= 0.3 is 0 Å². The van der Waals surface area contributed by atoms with Crippen molar-refractivity contribution < 1.29 is 4.74 Å². The Balaban J connectivity index is 2.11. The zero-order valence-electron chi connectivity index (χ0n) is 8.35. The minimum atomic E-state index is 0.754. The zero-order chi connectivity index (χ0) is 10.7. The van der Waals surface area contributed by atoms with Crippen molar-refractivity contribution in [1.82, 2.24) is 9.78 Å². The van der Waals surface area contributed by atoms with Crippen LogP contribution >= 0.6 is 15.9 Å². The molecule has 0 saturated carbocycles. The molecule has 2 aromatic rings. The Kier molecular flexibility index (Phi) is 3.06. The van der Waals surface area contributed by atoms with Crippen LogP contribution in [0.15, 0.2) is 36.7 Å². The topological polar surface area (TPSA) is 27.1 Å². The number of hydrogen-bond donors (Lipinski definition) is 0. The predicted octanol–water partition coefficient (Wildman–Crippen LogP) is 3.11. The Labute approximate surface area is 96.8 Å². The molecule has 4 heteroatoms. The number of ether oxygens (including phenoxy) is 1. The van der Waals surface area contributed by atoms with E-state index in [9.17, 15) is 0 Å². The highest BCUT2D eigenvalue weighted by Crippen LogP contribution is 2.21. The van der Waals surface area contributed by atoms with Crippen LogP contribution in [0.3, 0.4) is 0 Å². The molecule has 2 rings (SSSR count). The van der Waals surface area contributed by atoms with E-state index in [0.717, 1.165) is 16.8 Å². The van der Waals surface area contributed by atoms with Gasteiger partial charge in [-0.1, -0.05) is 28.1 Å². The van der Waals surface area contributed by atoms with E-state index in [1.807, 2.05) is 37.5 Å². The lowest BCUT2D eigenvalue weighted by Crippen LogP contribution is -1.85. The van der Waals surface area contributed by atoms with Crippen LogP contribution in [0.2, 0.25) is 0 Å². The third kappa shape index (κ3) is 2.59. The van der Waals surface area contributed by atoms with Crippen molar-refractivity contribution >= 4 is 15.9 Å². The quantitative estimate of drug-likeness (QED) is 0.799. The molecule has 0 aliphatic heterocycles. The minimum Gasteiger partial charge on any atom is -0.454 e. The number of benzene rings is 1. The highest BCUT2D eigenvalue weighted by atomic mass is 79.9. The van der Waals surface area contributed by atoms with E-state index in [1.165, 1.54) is 5.56 Å². The maximum atomic E-state index is 5.60. The summed E-state index contributed by atoms with van der Waals surface area (Å²) in [5, 5.41) is 4.89. The minimum absolute atomic E-state index is 0.754. The van der Waals surface area contributed by atoms with Crippen LogP contribution in [0.25, 0.3) is 0 Å². The maximum absolute atomic E-state index is 5.60. The molecule has 0 bridgehead atoms. The summed E-state index contributed by atoms with van der Waals surface area (Å²) in [6.07, 6.45) is 3.52. The number of halogens is 1. The van der Waals surface area contributed by atoms with Gasteiger partial charge in [0.1, 0.15) is 5.75 Å². The van der Waals surface area contributed by atoms with Gasteiger partial charge in [0, 0.05) is 12.4 Å². The summed E-state index contributed by atoms with van der Waals surface area (Å²) in [7, 11) is 1.86. The number of nitrogens with zero attached hydrogens (tertiary/aromatic N) is 2. The molecule has 0 saturated heterocycles. The van der Waals surface area contributed by atoms with Gasteiger partial charge in [0.15, 0.2) is 5.75 Å². The number of hydrogen-bond acceptors (Lipinski definition) is 2. The van der Waals surface area contributed by atoms with Crippen LogP contribution in [-0.4, -0.2) is 9.78 Å². The maximum Gasteiger partial charge on any atom is 0.165 e. The van der Waals surface area contributed by atoms with E-state index in [1.54, 1.807) is 10.9 Å². The van der Waals surface area contributed by atoms with Gasteiger partial charge in [0.05, 0.1) is 12.4 Å². The first-order valence-corrected chi connectivity index (χ1v) is 5.71. The molecule has 15 heavy (non-hydrogen) atoms. The molecule has 1 aromatic carbocycles. The Morgan fingerprint density at radius 2 is 2.00 bits per heavy atom. The van der Waals surface area contributed by atoms with E-state index >= 15 is 0 Å². The second kappa shape index (κ2) is 4.49. The molecule has 0 aliphatic carbocycles. The van der Waals surface area contributed by atoms with E-state index in [0.29, 0.717) is 0 Å². The average Bonchev–Trinajstić information content (AvgIpc) is 2.65. The van der Waals surface area contributed by atoms with Crippen LogP contribution in [0.4, 0.5) is 0 Å². The van der Waals surface area contributed by atoms with Crippen molar-refractivity contribution in [1.29, 1.82) is 0 Å². The monoisotopic (exact) mass is 266 g/mol. The fourth-order valence-corrected chi connectivity index (χ4v) is 1.61. The molecule has 1 aromatic heterocycles. The normalized spacial score (nSPS) is 10.3. The van der Waals surface area contributed by atoms with Crippen molar-refractivity contribution in [3.63, 3.8) is 0 Å². The number of rotatable bonds is 3. The van der Waals surface area contributed by atoms with Gasteiger partial charge in [-0.05, 0) is 17.7 Å². The zero-order valence-corrected chi connectivity index (χ0v) is 9.94. The Hall–Kier alpha value is -1.29. The Morgan fingerprint density at radius 3 is 2.53 bits per heavy atom. The SMILES string of the molecule is Cn1cc(Oc2ccc(CBr)cc2)cn1. The third-order valence-electron chi connectivity index (χ3n) is 1.99. The lowest BCUT2D eigenvalue weighted by molar-refractivity contribution is 0.482. The summed E-state index contributed by atoms with van der Waals surface area (Å²) in [5.41, 5.74) is 1.23. The van der Waals surface area contributed by atoms with Gasteiger partial charge in [0.25, 0.3) is 0 Å². The van der Waals surface area contributed by atoms with Crippen LogP contribution in [-0.2, 0) is 12.4 Å². The van der Waals surface area contributed by atoms with E-state index in [-0.39, 0.29) is 0 Å². The van der Waals surface area contributed by atoms with Gasteiger partial charge in [-0.15, -0.1) is 0 Å². The van der Waals surface area contributed by atoms with Gasteiger partial charge in [-0.3, -0.25) is 4.68 Å². The van der Waals surface area contributed by atoms with Crippen molar-refractivity contribution in [2.45, 2.75) is 5.33 Å². The summed E-state index contributed by atoms with van der Waals surface area (Å²) in [5.74, 6) is 1.58. The van der Waals surface area contributed by atoms with Crippen molar-refractivity contribution in [2.24, 2.45) is 7.05 Å². The molecule has 0 fully saturated rings. The molecule has 78 valence electrons. The first kappa shape index (κ1) is 10.2. The smallest absolute Gasteiger partial charge is 0.165 e. The second-order valence-corrected chi connectivity index (χ2v) is 3.79. The van der Waals surface area contributed by atoms with E-state index in [2.05, 4.69) is 21.0 Å². The second-order valence-electron chi connectivity index (χ2n) is 3.23. The first-order chi connectivity index (χ1) is 7.28. The molecular formula is C11H11BrN2O. The standard InChI is InChI=1S/C11H11BrN2O/c1-14-8-11(7-13-14)15-10-4-2-9(6-12)3-5-10/h2-5,7-8H,6H2,1H3. The summed E-state index contributed by atoms with van der Waals surface area (Å²) >= 11 is 3.40. The molecule has 0 spiro atoms. The van der Waals surface area contributed by atoms with E-state index in [4.69, 9.17) is 4.74 Å². The molecule has 0 unspecified atom stereocenters. The summed E-state index contributed by atoms with van der Waals surface area (Å²) in [4.78, 5) is 0. The summed E-state index contributed by atoms with van der Waals surface area (Å²) in [6, 6.07) is 7.95. The molecule has 3 nitrogen and oxygen atoms in total. The van der Waals surface area contributed by atoms with Crippen molar-refractivity contribution in [3.05, 3.63) is 42.2 Å². The van der Waals surface area contributed by atoms with Gasteiger partial charge in [0.2, 0.25) is 0 Å². The largest absolute Gasteiger partial charge is 0.454 e. The number of aromatic nitrogens is 2. The molecule has 0 amide bonds. The highest BCUT2D eigenvalue weighted by molar-refractivity contribution is 9.08. The molecule has 0 radical (unpaired) electrons. The lowest BCUT2D eigenvalue weighted by atomic mass is 10.2. The molecule has 0 atom stereocenters.